The number of hydrogen-bond acceptors (Lipinski definition) is 4. The topological polar surface area (TPSA) is 79.0 Å². The molecule has 0 radical (unpaired) electrons. The highest BCUT2D eigenvalue weighted by Crippen LogP contribution is 2.59. The van der Waals surface area contributed by atoms with Gasteiger partial charge < -0.3 is 4.74 Å². The van der Waals surface area contributed by atoms with Crippen molar-refractivity contribution in [3.63, 3.8) is 0 Å². The third-order valence-electron chi connectivity index (χ3n) is 4.64. The molecular formula is C12H16N2O4. The summed E-state index contributed by atoms with van der Waals surface area (Å²) in [7, 11) is 1.39. The first-order valence-electron chi connectivity index (χ1n) is 6.25. The van der Waals surface area contributed by atoms with Crippen molar-refractivity contribution >= 4 is 17.8 Å². The van der Waals surface area contributed by atoms with E-state index in [4.69, 9.17) is 4.74 Å². The van der Waals surface area contributed by atoms with Crippen LogP contribution in [0.1, 0.15) is 32.6 Å². The number of nitrogens with one attached hydrogen (secondary N) is 1. The van der Waals surface area contributed by atoms with E-state index in [1.54, 1.807) is 6.92 Å². The Hall–Kier alpha value is -1.43. The molecule has 18 heavy (non-hydrogen) atoms. The number of barbiturate groups is 1. The summed E-state index contributed by atoms with van der Waals surface area (Å²) >= 11 is 0. The highest BCUT2D eigenvalue weighted by Gasteiger charge is 2.74. The number of imide groups is 2. The monoisotopic (exact) mass is 252 g/mol. The van der Waals surface area contributed by atoms with Gasteiger partial charge in [-0.1, -0.05) is 12.8 Å². The fourth-order valence-corrected chi connectivity index (χ4v) is 3.34. The summed E-state index contributed by atoms with van der Waals surface area (Å²) in [5.41, 5.74) is -1.97. The first kappa shape index (κ1) is 11.6. The second-order valence-electron chi connectivity index (χ2n) is 5.49. The molecule has 1 saturated carbocycles. The van der Waals surface area contributed by atoms with Crippen LogP contribution in [0.25, 0.3) is 0 Å². The van der Waals surface area contributed by atoms with Crippen molar-refractivity contribution in [1.82, 2.24) is 10.2 Å². The lowest BCUT2D eigenvalue weighted by molar-refractivity contribution is -0.154. The normalized spacial score (nSPS) is 43.6. The summed E-state index contributed by atoms with van der Waals surface area (Å²) in [6.07, 6.45) is 3.58. The van der Waals surface area contributed by atoms with Crippen molar-refractivity contribution in [1.29, 1.82) is 0 Å². The van der Waals surface area contributed by atoms with E-state index in [-0.39, 0.29) is 6.10 Å². The van der Waals surface area contributed by atoms with Gasteiger partial charge in [0, 0.05) is 7.05 Å². The Morgan fingerprint density at radius 2 is 2.06 bits per heavy atom. The molecule has 2 heterocycles. The molecule has 3 aliphatic rings. The highest BCUT2D eigenvalue weighted by atomic mass is 16.6. The maximum Gasteiger partial charge on any atom is 0.330 e. The SMILES string of the molecule is CN1C(=O)NC(=O)C(C)(C23CCCCC2O3)C1=O. The largest absolute Gasteiger partial charge is 0.364 e. The Balaban J connectivity index is 2.00. The number of carbonyl (C=O) groups excluding carboxylic acids is 3. The van der Waals surface area contributed by atoms with Crippen LogP contribution in [0, 0.1) is 5.41 Å². The molecule has 2 saturated heterocycles. The molecule has 0 spiro atoms. The first-order valence-corrected chi connectivity index (χ1v) is 6.25. The van der Waals surface area contributed by atoms with Gasteiger partial charge in [-0.05, 0) is 19.8 Å². The quantitative estimate of drug-likeness (QED) is 0.541. The van der Waals surface area contributed by atoms with E-state index in [0.717, 1.165) is 24.2 Å². The summed E-state index contributed by atoms with van der Waals surface area (Å²) in [6, 6.07) is -0.660. The van der Waals surface area contributed by atoms with Crippen LogP contribution in [0.3, 0.4) is 0 Å². The van der Waals surface area contributed by atoms with E-state index >= 15 is 0 Å². The zero-order valence-corrected chi connectivity index (χ0v) is 10.5. The number of carbonyl (C=O) groups is 3. The third-order valence-corrected chi connectivity index (χ3v) is 4.64. The molecule has 3 fully saturated rings. The van der Waals surface area contributed by atoms with E-state index in [9.17, 15) is 14.4 Å². The molecule has 3 rings (SSSR count). The van der Waals surface area contributed by atoms with Gasteiger partial charge in [-0.2, -0.15) is 0 Å². The average Bonchev–Trinajstić information content (AvgIpc) is 3.10. The summed E-state index contributed by atoms with van der Waals surface area (Å²) in [6.45, 7) is 1.60. The minimum Gasteiger partial charge on any atom is -0.364 e. The predicted octanol–water partition coefficient (Wildman–Crippen LogP) is 0.412. The lowest BCUT2D eigenvalue weighted by Gasteiger charge is -2.40. The van der Waals surface area contributed by atoms with Crippen LogP contribution in [0.15, 0.2) is 0 Å². The van der Waals surface area contributed by atoms with Crippen molar-refractivity contribution in [2.75, 3.05) is 7.05 Å². The first-order chi connectivity index (χ1) is 8.43. The Labute approximate surface area is 105 Å². The highest BCUT2D eigenvalue weighted by molar-refractivity contribution is 6.19. The van der Waals surface area contributed by atoms with Gasteiger partial charge in [0.1, 0.15) is 5.60 Å². The van der Waals surface area contributed by atoms with E-state index < -0.39 is 28.9 Å². The average molecular weight is 252 g/mol. The summed E-state index contributed by atoms with van der Waals surface area (Å²) in [5.74, 6) is -0.986. The van der Waals surface area contributed by atoms with Crippen LogP contribution >= 0.6 is 0 Å². The zero-order chi connectivity index (χ0) is 13.1. The van der Waals surface area contributed by atoms with Crippen molar-refractivity contribution in [3.8, 4) is 0 Å². The van der Waals surface area contributed by atoms with Gasteiger partial charge in [0.25, 0.3) is 0 Å². The third kappa shape index (κ3) is 1.14. The van der Waals surface area contributed by atoms with Gasteiger partial charge in [-0.25, -0.2) is 4.79 Å². The van der Waals surface area contributed by atoms with Crippen molar-refractivity contribution in [2.24, 2.45) is 5.41 Å². The van der Waals surface area contributed by atoms with Gasteiger partial charge in [-0.3, -0.25) is 19.8 Å². The van der Waals surface area contributed by atoms with Crippen molar-refractivity contribution in [3.05, 3.63) is 0 Å². The number of fused-ring (bicyclic) bond motifs is 1. The van der Waals surface area contributed by atoms with Crippen LogP contribution in [0.5, 0.6) is 0 Å². The van der Waals surface area contributed by atoms with Crippen LogP contribution in [0.4, 0.5) is 4.79 Å². The molecule has 1 N–H and O–H groups in total. The number of amides is 4. The molecule has 0 aromatic rings. The van der Waals surface area contributed by atoms with Gasteiger partial charge >= 0.3 is 6.03 Å². The molecule has 0 aromatic heterocycles. The molecule has 4 amide bonds. The summed E-state index contributed by atoms with van der Waals surface area (Å²) < 4.78 is 5.71. The molecule has 0 bridgehead atoms. The van der Waals surface area contributed by atoms with Gasteiger partial charge in [0.2, 0.25) is 11.8 Å². The second-order valence-corrected chi connectivity index (χ2v) is 5.49. The summed E-state index contributed by atoms with van der Waals surface area (Å²) in [4.78, 5) is 36.9. The molecule has 6 heteroatoms. The summed E-state index contributed by atoms with van der Waals surface area (Å²) in [5, 5.41) is 2.25. The van der Waals surface area contributed by atoms with E-state index in [1.807, 2.05) is 0 Å². The van der Waals surface area contributed by atoms with Crippen LogP contribution in [0.2, 0.25) is 0 Å². The van der Waals surface area contributed by atoms with Crippen LogP contribution in [-0.4, -0.2) is 41.5 Å². The number of epoxide rings is 1. The molecule has 3 atom stereocenters. The molecule has 98 valence electrons. The molecule has 1 aliphatic carbocycles. The van der Waals surface area contributed by atoms with E-state index in [2.05, 4.69) is 5.32 Å². The zero-order valence-electron chi connectivity index (χ0n) is 10.5. The molecule has 0 aromatic carbocycles. The fourth-order valence-electron chi connectivity index (χ4n) is 3.34. The fraction of sp³-hybridized carbons (Fsp3) is 0.750. The van der Waals surface area contributed by atoms with Crippen molar-refractivity contribution < 1.29 is 19.1 Å². The van der Waals surface area contributed by atoms with Crippen molar-refractivity contribution in [2.45, 2.75) is 44.3 Å². The predicted molar refractivity (Wildman–Crippen MR) is 60.5 cm³/mol. The minimum atomic E-state index is -1.28. The Morgan fingerprint density at radius 1 is 1.33 bits per heavy atom. The standard InChI is InChI=1S/C12H16N2O4/c1-11(12-6-4-3-5-7(12)18-12)8(15)13-10(17)14(2)9(11)16/h7H,3-6H2,1-2H3,(H,13,15,17). The molecule has 6 nitrogen and oxygen atoms in total. The number of urea groups is 1. The minimum absolute atomic E-state index is 0.0208. The van der Waals surface area contributed by atoms with Gasteiger partial charge in [0.15, 0.2) is 5.41 Å². The molecular weight excluding hydrogens is 236 g/mol. The Morgan fingerprint density at radius 3 is 2.72 bits per heavy atom. The maximum atomic E-state index is 12.4. The lowest BCUT2D eigenvalue weighted by Crippen LogP contribution is -2.67. The second kappa shape index (κ2) is 3.32. The number of nitrogens with zero attached hydrogens (tertiary/aromatic N) is 1. The number of rotatable bonds is 1. The van der Waals surface area contributed by atoms with E-state index in [1.165, 1.54) is 7.05 Å². The lowest BCUT2D eigenvalue weighted by atomic mass is 9.67. The van der Waals surface area contributed by atoms with Gasteiger partial charge in [0.05, 0.1) is 6.10 Å². The Kier molecular flexibility index (Phi) is 2.15. The smallest absolute Gasteiger partial charge is 0.330 e. The number of ether oxygens (including phenoxy) is 1. The Bertz CT molecular complexity index is 463. The maximum absolute atomic E-state index is 12.4. The van der Waals surface area contributed by atoms with Crippen LogP contribution < -0.4 is 5.32 Å². The van der Waals surface area contributed by atoms with E-state index in [0.29, 0.717) is 6.42 Å². The molecule has 3 unspecified atom stereocenters. The number of hydrogen-bond donors (Lipinski definition) is 1. The van der Waals surface area contributed by atoms with Crippen LogP contribution in [-0.2, 0) is 14.3 Å². The molecule has 2 aliphatic heterocycles. The van der Waals surface area contributed by atoms with Gasteiger partial charge in [-0.15, -0.1) is 0 Å².